The fourth-order valence-corrected chi connectivity index (χ4v) is 2.54. The van der Waals surface area contributed by atoms with Crippen LogP contribution in [0.1, 0.15) is 35.9 Å². The Labute approximate surface area is 106 Å². The lowest BCUT2D eigenvalue weighted by atomic mass is 9.92. The Balaban J connectivity index is 1.60. The fraction of sp³-hybridized carbons (Fsp3) is 0.429. The lowest BCUT2D eigenvalue weighted by molar-refractivity contribution is 0.433. The summed E-state index contributed by atoms with van der Waals surface area (Å²) in [6, 6.07) is 4.60. The normalized spacial score (nSPS) is 18.6. The van der Waals surface area contributed by atoms with Crippen LogP contribution in [-0.2, 0) is 12.8 Å². The molecule has 0 saturated carbocycles. The lowest BCUT2D eigenvalue weighted by Crippen LogP contribution is -2.27. The van der Waals surface area contributed by atoms with Crippen molar-refractivity contribution in [1.82, 2.24) is 15.3 Å². The number of rotatable bonds is 4. The summed E-state index contributed by atoms with van der Waals surface area (Å²) in [5.74, 6) is 0.930. The number of nitrogens with zero attached hydrogens (tertiary/aromatic N) is 2. The van der Waals surface area contributed by atoms with Crippen LogP contribution in [0.15, 0.2) is 35.3 Å². The number of oxazole rings is 1. The zero-order chi connectivity index (χ0) is 12.2. The number of fused-ring (bicyclic) bond motifs is 1. The van der Waals surface area contributed by atoms with Gasteiger partial charge in [0.05, 0.1) is 11.9 Å². The smallest absolute Gasteiger partial charge is 0.180 e. The van der Waals surface area contributed by atoms with E-state index >= 15 is 0 Å². The highest BCUT2D eigenvalue weighted by atomic mass is 16.3. The molecule has 1 unspecified atom stereocenters. The first-order chi connectivity index (χ1) is 8.93. The molecule has 18 heavy (non-hydrogen) atoms. The van der Waals surface area contributed by atoms with Crippen molar-refractivity contribution in [3.05, 3.63) is 47.9 Å². The third-order valence-electron chi connectivity index (χ3n) is 3.44. The highest BCUT2D eigenvalue weighted by Gasteiger charge is 2.20. The molecule has 3 rings (SSSR count). The maximum absolute atomic E-state index is 5.23. The van der Waals surface area contributed by atoms with E-state index < -0.39 is 0 Å². The third-order valence-corrected chi connectivity index (χ3v) is 3.44. The van der Waals surface area contributed by atoms with Gasteiger partial charge in [-0.05, 0) is 30.9 Å². The van der Waals surface area contributed by atoms with Crippen molar-refractivity contribution in [2.75, 3.05) is 6.54 Å². The van der Waals surface area contributed by atoms with Gasteiger partial charge in [-0.2, -0.15) is 0 Å². The van der Waals surface area contributed by atoms with Crippen molar-refractivity contribution < 1.29 is 4.42 Å². The fourth-order valence-electron chi connectivity index (χ4n) is 2.54. The molecule has 1 N–H and O–H groups in total. The van der Waals surface area contributed by atoms with E-state index in [0.29, 0.717) is 6.04 Å². The molecule has 94 valence electrons. The molecule has 2 aromatic heterocycles. The third kappa shape index (κ3) is 2.43. The van der Waals surface area contributed by atoms with Crippen LogP contribution in [0.2, 0.25) is 0 Å². The quantitative estimate of drug-likeness (QED) is 0.895. The van der Waals surface area contributed by atoms with Gasteiger partial charge in [0.2, 0.25) is 0 Å². The first kappa shape index (κ1) is 11.4. The van der Waals surface area contributed by atoms with Gasteiger partial charge in [-0.25, -0.2) is 4.98 Å². The summed E-state index contributed by atoms with van der Waals surface area (Å²) in [4.78, 5) is 8.43. The second kappa shape index (κ2) is 5.31. The van der Waals surface area contributed by atoms with E-state index in [1.54, 1.807) is 6.20 Å². The average molecular weight is 243 g/mol. The maximum Gasteiger partial charge on any atom is 0.180 e. The van der Waals surface area contributed by atoms with Gasteiger partial charge in [0.15, 0.2) is 6.39 Å². The first-order valence-corrected chi connectivity index (χ1v) is 6.48. The second-order valence-corrected chi connectivity index (χ2v) is 4.66. The monoisotopic (exact) mass is 243 g/mol. The summed E-state index contributed by atoms with van der Waals surface area (Å²) in [6.45, 7) is 0.899. The van der Waals surface area contributed by atoms with Crippen LogP contribution in [0.3, 0.4) is 0 Å². The van der Waals surface area contributed by atoms with Gasteiger partial charge >= 0.3 is 0 Å². The van der Waals surface area contributed by atoms with E-state index in [2.05, 4.69) is 21.4 Å². The summed E-state index contributed by atoms with van der Waals surface area (Å²) in [5.41, 5.74) is 2.61. The number of nitrogens with one attached hydrogen (secondary N) is 1. The minimum absolute atomic E-state index is 0.387. The second-order valence-electron chi connectivity index (χ2n) is 4.66. The van der Waals surface area contributed by atoms with Gasteiger partial charge < -0.3 is 9.73 Å². The molecule has 0 amide bonds. The summed E-state index contributed by atoms with van der Waals surface area (Å²) >= 11 is 0. The van der Waals surface area contributed by atoms with Crippen molar-refractivity contribution in [3.8, 4) is 0 Å². The number of aryl methyl sites for hydroxylation is 1. The molecule has 2 aromatic rings. The minimum Gasteiger partial charge on any atom is -0.448 e. The molecule has 0 aromatic carbocycles. The highest BCUT2D eigenvalue weighted by molar-refractivity contribution is 5.25. The molecule has 0 bridgehead atoms. The van der Waals surface area contributed by atoms with Crippen molar-refractivity contribution in [1.29, 1.82) is 0 Å². The van der Waals surface area contributed by atoms with Gasteiger partial charge in [0.1, 0.15) is 5.76 Å². The minimum atomic E-state index is 0.387. The van der Waals surface area contributed by atoms with Gasteiger partial charge in [0, 0.05) is 25.2 Å². The molecular weight excluding hydrogens is 226 g/mol. The van der Waals surface area contributed by atoms with E-state index in [4.69, 9.17) is 4.42 Å². The van der Waals surface area contributed by atoms with Crippen LogP contribution < -0.4 is 5.32 Å². The van der Waals surface area contributed by atoms with Crippen LogP contribution in [0.4, 0.5) is 0 Å². The molecular formula is C14H17N3O. The zero-order valence-electron chi connectivity index (χ0n) is 10.3. The molecule has 0 spiro atoms. The molecule has 4 heteroatoms. The molecule has 0 fully saturated rings. The maximum atomic E-state index is 5.23. The SMILES string of the molecule is c1cnc2c(c1)CCCC2NCCc1cnco1. The standard InChI is InChI=1S/C14H17N3O/c1-3-11-4-2-7-17-14(11)13(5-1)16-8-6-12-9-15-10-18-12/h2,4,7,9-10,13,16H,1,3,5-6,8H2. The van der Waals surface area contributed by atoms with Crippen LogP contribution in [0.5, 0.6) is 0 Å². The summed E-state index contributed by atoms with van der Waals surface area (Å²) in [6.07, 6.45) is 9.57. The molecule has 1 aliphatic carbocycles. The predicted octanol–water partition coefficient (Wildman–Crippen LogP) is 2.28. The van der Waals surface area contributed by atoms with E-state index in [0.717, 1.165) is 25.1 Å². The van der Waals surface area contributed by atoms with E-state index in [1.165, 1.54) is 30.5 Å². The van der Waals surface area contributed by atoms with Gasteiger partial charge in [-0.3, -0.25) is 4.98 Å². The summed E-state index contributed by atoms with van der Waals surface area (Å²) < 4.78 is 5.23. The Morgan fingerprint density at radius 1 is 1.44 bits per heavy atom. The van der Waals surface area contributed by atoms with Crippen LogP contribution in [0.25, 0.3) is 0 Å². The molecule has 1 aliphatic rings. The Morgan fingerprint density at radius 2 is 2.44 bits per heavy atom. The Bertz CT molecular complexity index is 496. The molecule has 2 heterocycles. The number of aromatic nitrogens is 2. The zero-order valence-corrected chi connectivity index (χ0v) is 10.3. The summed E-state index contributed by atoms with van der Waals surface area (Å²) in [5, 5.41) is 3.57. The van der Waals surface area contributed by atoms with Crippen molar-refractivity contribution in [3.63, 3.8) is 0 Å². The molecule has 0 radical (unpaired) electrons. The topological polar surface area (TPSA) is 51.0 Å². The van der Waals surface area contributed by atoms with Crippen LogP contribution in [0, 0.1) is 0 Å². The van der Waals surface area contributed by atoms with Crippen LogP contribution >= 0.6 is 0 Å². The molecule has 1 atom stereocenters. The Hall–Kier alpha value is -1.68. The Morgan fingerprint density at radius 3 is 3.33 bits per heavy atom. The largest absolute Gasteiger partial charge is 0.448 e. The van der Waals surface area contributed by atoms with Gasteiger partial charge in [-0.1, -0.05) is 6.07 Å². The predicted molar refractivity (Wildman–Crippen MR) is 68.1 cm³/mol. The van der Waals surface area contributed by atoms with Gasteiger partial charge in [0.25, 0.3) is 0 Å². The van der Waals surface area contributed by atoms with E-state index in [-0.39, 0.29) is 0 Å². The summed E-state index contributed by atoms with van der Waals surface area (Å²) in [7, 11) is 0. The number of hydrogen-bond acceptors (Lipinski definition) is 4. The molecule has 0 saturated heterocycles. The highest BCUT2D eigenvalue weighted by Crippen LogP contribution is 2.27. The van der Waals surface area contributed by atoms with Crippen molar-refractivity contribution >= 4 is 0 Å². The van der Waals surface area contributed by atoms with Gasteiger partial charge in [-0.15, -0.1) is 0 Å². The lowest BCUT2D eigenvalue weighted by Gasteiger charge is -2.25. The average Bonchev–Trinajstić information content (AvgIpc) is 2.92. The molecule has 4 nitrogen and oxygen atoms in total. The Kier molecular flexibility index (Phi) is 3.37. The van der Waals surface area contributed by atoms with Crippen molar-refractivity contribution in [2.45, 2.75) is 31.7 Å². The molecule has 0 aliphatic heterocycles. The first-order valence-electron chi connectivity index (χ1n) is 6.48. The van der Waals surface area contributed by atoms with Crippen molar-refractivity contribution in [2.24, 2.45) is 0 Å². The van der Waals surface area contributed by atoms with E-state index in [1.807, 2.05) is 12.3 Å². The van der Waals surface area contributed by atoms with Crippen LogP contribution in [-0.4, -0.2) is 16.5 Å². The number of pyridine rings is 1. The number of hydrogen-bond donors (Lipinski definition) is 1. The van der Waals surface area contributed by atoms with E-state index in [9.17, 15) is 0 Å².